The van der Waals surface area contributed by atoms with Crippen molar-refractivity contribution in [1.29, 1.82) is 0 Å². The molecule has 0 saturated heterocycles. The topological polar surface area (TPSA) is 93.7 Å². The van der Waals surface area contributed by atoms with E-state index in [0.717, 1.165) is 15.6 Å². The Morgan fingerprint density at radius 2 is 1.59 bits per heavy atom. The zero-order valence-corrected chi connectivity index (χ0v) is 21.5. The highest BCUT2D eigenvalue weighted by molar-refractivity contribution is 9.10. The van der Waals surface area contributed by atoms with Gasteiger partial charge in [0, 0.05) is 4.47 Å². The maximum Gasteiger partial charge on any atom is 0.241 e. The average Bonchev–Trinajstić information content (AvgIpc) is 2.83. The minimum absolute atomic E-state index is 0.0782. The number of rotatable bonds is 10. The molecule has 1 amide bonds. The van der Waals surface area contributed by atoms with Crippen LogP contribution in [0.5, 0.6) is 11.5 Å². The maximum absolute atomic E-state index is 13.3. The molecule has 0 spiro atoms. The first-order valence-electron chi connectivity index (χ1n) is 10.6. The van der Waals surface area contributed by atoms with Gasteiger partial charge < -0.3 is 14.8 Å². The molecule has 0 bridgehead atoms. The van der Waals surface area contributed by atoms with Gasteiger partial charge in [-0.2, -0.15) is 4.72 Å². The van der Waals surface area contributed by atoms with Crippen LogP contribution in [0.4, 0.5) is 0 Å². The lowest BCUT2D eigenvalue weighted by Crippen LogP contribution is -2.48. The number of methoxy groups -OCH3 is 2. The van der Waals surface area contributed by atoms with Gasteiger partial charge in [0.2, 0.25) is 15.9 Å². The molecule has 0 unspecified atom stereocenters. The summed E-state index contributed by atoms with van der Waals surface area (Å²) in [4.78, 5) is 13.3. The second-order valence-corrected chi connectivity index (χ2v) is 10.3. The first-order valence-corrected chi connectivity index (χ1v) is 12.8. The highest BCUT2D eigenvalue weighted by Crippen LogP contribution is 2.30. The number of halogens is 1. The molecule has 3 aromatic rings. The lowest BCUT2D eigenvalue weighted by atomic mass is 10.0. The van der Waals surface area contributed by atoms with Crippen molar-refractivity contribution < 1.29 is 22.7 Å². The van der Waals surface area contributed by atoms with Crippen molar-refractivity contribution in [2.75, 3.05) is 14.2 Å². The second kappa shape index (κ2) is 11.5. The molecule has 34 heavy (non-hydrogen) atoms. The molecule has 0 aromatic heterocycles. The Kier molecular flexibility index (Phi) is 8.71. The Labute approximate surface area is 208 Å². The summed E-state index contributed by atoms with van der Waals surface area (Å²) in [6.45, 7) is 1.82. The van der Waals surface area contributed by atoms with Crippen molar-refractivity contribution in [1.82, 2.24) is 10.0 Å². The predicted octanol–water partition coefficient (Wildman–Crippen LogP) is 4.23. The van der Waals surface area contributed by atoms with E-state index in [1.807, 2.05) is 43.3 Å². The summed E-state index contributed by atoms with van der Waals surface area (Å²) >= 11 is 3.30. The molecular weight excluding hydrogens is 520 g/mol. The van der Waals surface area contributed by atoms with Gasteiger partial charge in [-0.1, -0.05) is 52.3 Å². The van der Waals surface area contributed by atoms with E-state index in [1.54, 1.807) is 31.4 Å². The minimum Gasteiger partial charge on any atom is -0.493 e. The monoisotopic (exact) mass is 546 g/mol. The van der Waals surface area contributed by atoms with Gasteiger partial charge in [0.15, 0.2) is 11.5 Å². The highest BCUT2D eigenvalue weighted by Gasteiger charge is 2.27. The second-order valence-electron chi connectivity index (χ2n) is 7.66. The quantitative estimate of drug-likeness (QED) is 0.396. The molecule has 7 nitrogen and oxygen atoms in total. The number of nitrogens with one attached hydrogen (secondary N) is 2. The van der Waals surface area contributed by atoms with E-state index in [4.69, 9.17) is 9.47 Å². The van der Waals surface area contributed by atoms with Crippen molar-refractivity contribution in [3.05, 3.63) is 88.4 Å². The van der Waals surface area contributed by atoms with E-state index < -0.39 is 28.0 Å². The Hall–Kier alpha value is -2.88. The predicted molar refractivity (Wildman–Crippen MR) is 135 cm³/mol. The van der Waals surface area contributed by atoms with Crippen molar-refractivity contribution >= 4 is 31.9 Å². The number of ether oxygens (including phenoxy) is 2. The molecule has 9 heteroatoms. The fourth-order valence-electron chi connectivity index (χ4n) is 3.43. The van der Waals surface area contributed by atoms with Crippen LogP contribution in [0.25, 0.3) is 0 Å². The summed E-state index contributed by atoms with van der Waals surface area (Å²) in [5.74, 6) is 0.679. The van der Waals surface area contributed by atoms with E-state index in [-0.39, 0.29) is 11.3 Å². The first-order chi connectivity index (χ1) is 16.2. The Balaban J connectivity index is 1.83. The molecule has 3 aromatic carbocycles. The van der Waals surface area contributed by atoms with E-state index >= 15 is 0 Å². The van der Waals surface area contributed by atoms with Crippen LogP contribution in [0.1, 0.15) is 24.1 Å². The maximum atomic E-state index is 13.3. The minimum atomic E-state index is -3.93. The molecule has 0 saturated carbocycles. The zero-order chi connectivity index (χ0) is 24.7. The summed E-state index contributed by atoms with van der Waals surface area (Å²) < 4.78 is 40.0. The number of sulfonamides is 1. The van der Waals surface area contributed by atoms with E-state index in [9.17, 15) is 13.2 Å². The number of benzene rings is 3. The van der Waals surface area contributed by atoms with Gasteiger partial charge in [-0.3, -0.25) is 4.79 Å². The van der Waals surface area contributed by atoms with Crippen LogP contribution < -0.4 is 19.5 Å². The van der Waals surface area contributed by atoms with Crippen molar-refractivity contribution in [3.63, 3.8) is 0 Å². The first kappa shape index (κ1) is 25.7. The van der Waals surface area contributed by atoms with Crippen molar-refractivity contribution in [2.45, 2.75) is 30.3 Å². The molecule has 0 heterocycles. The van der Waals surface area contributed by atoms with Crippen molar-refractivity contribution in [3.8, 4) is 11.5 Å². The molecule has 2 N–H and O–H groups in total. The molecule has 2 atom stereocenters. The molecule has 0 aliphatic carbocycles. The SMILES string of the molecule is COc1ccc([C@H](C)NC(=O)[C@@H](Cc2ccccc2)NS(=O)(=O)c2ccc(Br)cc2)cc1OC. The van der Waals surface area contributed by atoms with Gasteiger partial charge in [0.1, 0.15) is 6.04 Å². The molecule has 0 fully saturated rings. The van der Waals surface area contributed by atoms with Crippen LogP contribution in [0.15, 0.2) is 82.2 Å². The van der Waals surface area contributed by atoms with Gasteiger partial charge in [0.05, 0.1) is 25.2 Å². The lowest BCUT2D eigenvalue weighted by molar-refractivity contribution is -0.123. The summed E-state index contributed by atoms with van der Waals surface area (Å²) in [5.41, 5.74) is 1.63. The van der Waals surface area contributed by atoms with Crippen molar-refractivity contribution in [2.24, 2.45) is 0 Å². The van der Waals surface area contributed by atoms with Crippen LogP contribution >= 0.6 is 15.9 Å². The van der Waals surface area contributed by atoms with Gasteiger partial charge in [-0.15, -0.1) is 0 Å². The fourth-order valence-corrected chi connectivity index (χ4v) is 4.89. The van der Waals surface area contributed by atoms with Crippen LogP contribution in [0.3, 0.4) is 0 Å². The van der Waals surface area contributed by atoms with Gasteiger partial charge in [0.25, 0.3) is 0 Å². The Morgan fingerprint density at radius 3 is 2.21 bits per heavy atom. The third-order valence-corrected chi connectivity index (χ3v) is 7.30. The van der Waals surface area contributed by atoms with E-state index in [1.165, 1.54) is 19.2 Å². The molecule has 180 valence electrons. The highest BCUT2D eigenvalue weighted by atomic mass is 79.9. The summed E-state index contributed by atoms with van der Waals surface area (Å²) in [6, 6.07) is 19.5. The molecule has 3 rings (SSSR count). The van der Waals surface area contributed by atoms with Crippen LogP contribution in [0.2, 0.25) is 0 Å². The molecule has 0 radical (unpaired) electrons. The smallest absolute Gasteiger partial charge is 0.241 e. The van der Waals surface area contributed by atoms with Crippen LogP contribution in [0, 0.1) is 0 Å². The molecule has 0 aliphatic rings. The Bertz CT molecular complexity index is 1220. The zero-order valence-electron chi connectivity index (χ0n) is 19.1. The third kappa shape index (κ3) is 6.59. The summed E-state index contributed by atoms with van der Waals surface area (Å²) in [7, 11) is -0.840. The molecular formula is C25H27BrN2O5S. The van der Waals surface area contributed by atoms with Gasteiger partial charge >= 0.3 is 0 Å². The van der Waals surface area contributed by atoms with E-state index in [2.05, 4.69) is 26.0 Å². The normalized spacial score (nSPS) is 13.1. The number of hydrogen-bond donors (Lipinski definition) is 2. The Morgan fingerprint density at radius 1 is 0.941 bits per heavy atom. The number of amides is 1. The standard InChI is InChI=1S/C25H27BrN2O5S/c1-17(19-9-14-23(32-2)24(16-19)33-3)27-25(29)22(15-18-7-5-4-6-8-18)28-34(30,31)21-12-10-20(26)11-13-21/h4-14,16-17,22,28H,15H2,1-3H3,(H,27,29)/t17-,22+/m0/s1. The van der Waals surface area contributed by atoms with Crippen LogP contribution in [-0.4, -0.2) is 34.6 Å². The number of carbonyl (C=O) groups is 1. The molecule has 0 aliphatic heterocycles. The number of hydrogen-bond acceptors (Lipinski definition) is 5. The number of carbonyl (C=O) groups excluding carboxylic acids is 1. The third-order valence-electron chi connectivity index (χ3n) is 5.29. The lowest BCUT2D eigenvalue weighted by Gasteiger charge is -2.22. The summed E-state index contributed by atoms with van der Waals surface area (Å²) in [6.07, 6.45) is 0.196. The van der Waals surface area contributed by atoms with Gasteiger partial charge in [-0.05, 0) is 60.9 Å². The fraction of sp³-hybridized carbons (Fsp3) is 0.240. The average molecular weight is 547 g/mol. The van der Waals surface area contributed by atoms with E-state index in [0.29, 0.717) is 11.5 Å². The van der Waals surface area contributed by atoms with Crippen LogP contribution in [-0.2, 0) is 21.2 Å². The largest absolute Gasteiger partial charge is 0.493 e. The summed E-state index contributed by atoms with van der Waals surface area (Å²) in [5, 5.41) is 2.92. The van der Waals surface area contributed by atoms with Gasteiger partial charge in [-0.25, -0.2) is 8.42 Å².